The van der Waals surface area contributed by atoms with E-state index in [4.69, 9.17) is 10.5 Å². The van der Waals surface area contributed by atoms with Crippen LogP contribution >= 0.6 is 0 Å². The second kappa shape index (κ2) is 4.55. The van der Waals surface area contributed by atoms with E-state index in [0.717, 1.165) is 0 Å². The van der Waals surface area contributed by atoms with Gasteiger partial charge >= 0.3 is 6.03 Å². The number of carbonyl (C=O) groups is 2. The van der Waals surface area contributed by atoms with Crippen molar-refractivity contribution in [3.63, 3.8) is 0 Å². The molecule has 1 aromatic rings. The summed E-state index contributed by atoms with van der Waals surface area (Å²) in [5.41, 5.74) is 6.78. The van der Waals surface area contributed by atoms with Crippen LogP contribution in [0.4, 0.5) is 16.2 Å². The molecular weight excluding hydrogens is 246 g/mol. The molecular formula is C13H15N3O3. The van der Waals surface area contributed by atoms with Gasteiger partial charge in [0, 0.05) is 12.2 Å². The first-order valence-corrected chi connectivity index (χ1v) is 6.23. The highest BCUT2D eigenvalue weighted by atomic mass is 16.5. The van der Waals surface area contributed by atoms with Gasteiger partial charge in [0.1, 0.15) is 0 Å². The zero-order chi connectivity index (χ0) is 13.4. The maximum Gasteiger partial charge on any atom is 0.331 e. The van der Waals surface area contributed by atoms with Crippen LogP contribution < -0.4 is 10.6 Å². The van der Waals surface area contributed by atoms with E-state index < -0.39 is 0 Å². The predicted molar refractivity (Wildman–Crippen MR) is 69.7 cm³/mol. The van der Waals surface area contributed by atoms with Crippen LogP contribution in [0.25, 0.3) is 0 Å². The van der Waals surface area contributed by atoms with Crippen molar-refractivity contribution in [3.8, 4) is 0 Å². The number of hydrogen-bond donors (Lipinski definition) is 1. The number of fused-ring (bicyclic) bond motifs is 1. The van der Waals surface area contributed by atoms with Gasteiger partial charge in [-0.15, -0.1) is 0 Å². The van der Waals surface area contributed by atoms with E-state index in [1.807, 2.05) is 0 Å². The van der Waals surface area contributed by atoms with Gasteiger partial charge in [0.2, 0.25) is 5.91 Å². The molecule has 0 spiro atoms. The normalized spacial score (nSPS) is 23.5. The SMILES string of the molecule is Nc1ccc(N2C(=O)CC3COCCN3C2=O)cc1. The van der Waals surface area contributed by atoms with Gasteiger partial charge in [0.15, 0.2) is 0 Å². The fraction of sp³-hybridized carbons (Fsp3) is 0.385. The molecule has 2 aliphatic heterocycles. The summed E-state index contributed by atoms with van der Waals surface area (Å²) in [5, 5.41) is 0. The van der Waals surface area contributed by atoms with E-state index in [1.165, 1.54) is 4.90 Å². The van der Waals surface area contributed by atoms with Crippen LogP contribution in [-0.4, -0.2) is 42.6 Å². The average Bonchev–Trinajstić information content (AvgIpc) is 2.41. The second-order valence-corrected chi connectivity index (χ2v) is 4.73. The molecule has 2 fully saturated rings. The summed E-state index contributed by atoms with van der Waals surface area (Å²) in [7, 11) is 0. The lowest BCUT2D eigenvalue weighted by molar-refractivity contribution is -0.122. The second-order valence-electron chi connectivity index (χ2n) is 4.73. The van der Waals surface area contributed by atoms with Gasteiger partial charge in [-0.1, -0.05) is 0 Å². The van der Waals surface area contributed by atoms with Gasteiger partial charge in [-0.05, 0) is 24.3 Å². The third-order valence-electron chi connectivity index (χ3n) is 3.48. The molecule has 1 atom stereocenters. The van der Waals surface area contributed by atoms with Crippen LogP contribution in [-0.2, 0) is 9.53 Å². The Balaban J connectivity index is 1.90. The molecule has 1 aromatic carbocycles. The van der Waals surface area contributed by atoms with Crippen molar-refractivity contribution in [2.75, 3.05) is 30.4 Å². The van der Waals surface area contributed by atoms with E-state index >= 15 is 0 Å². The van der Waals surface area contributed by atoms with Crippen LogP contribution in [0.3, 0.4) is 0 Å². The van der Waals surface area contributed by atoms with Crippen molar-refractivity contribution in [2.45, 2.75) is 12.5 Å². The maximum atomic E-state index is 12.4. The summed E-state index contributed by atoms with van der Waals surface area (Å²) in [6.07, 6.45) is 0.302. The molecule has 0 aliphatic carbocycles. The van der Waals surface area contributed by atoms with Crippen molar-refractivity contribution in [2.24, 2.45) is 0 Å². The third-order valence-corrected chi connectivity index (χ3v) is 3.48. The third kappa shape index (κ3) is 2.04. The molecule has 2 N–H and O–H groups in total. The number of morpholine rings is 1. The van der Waals surface area contributed by atoms with Crippen molar-refractivity contribution >= 4 is 23.3 Å². The van der Waals surface area contributed by atoms with Gasteiger partial charge in [0.25, 0.3) is 0 Å². The number of hydrogen-bond acceptors (Lipinski definition) is 4. The lowest BCUT2D eigenvalue weighted by atomic mass is 10.1. The Morgan fingerprint density at radius 3 is 2.68 bits per heavy atom. The van der Waals surface area contributed by atoms with Crippen LogP contribution in [0.2, 0.25) is 0 Å². The fourth-order valence-electron chi connectivity index (χ4n) is 2.48. The number of urea groups is 1. The number of nitrogen functional groups attached to an aromatic ring is 1. The minimum atomic E-state index is -0.269. The highest BCUT2D eigenvalue weighted by Gasteiger charge is 2.40. The monoisotopic (exact) mass is 261 g/mol. The molecule has 19 heavy (non-hydrogen) atoms. The highest BCUT2D eigenvalue weighted by Crippen LogP contribution is 2.26. The van der Waals surface area contributed by atoms with Crippen LogP contribution in [0.1, 0.15) is 6.42 Å². The molecule has 100 valence electrons. The van der Waals surface area contributed by atoms with E-state index in [-0.39, 0.29) is 18.0 Å². The van der Waals surface area contributed by atoms with E-state index in [1.54, 1.807) is 29.2 Å². The minimum absolute atomic E-state index is 0.126. The molecule has 3 amide bonds. The lowest BCUT2D eigenvalue weighted by Crippen LogP contribution is -2.61. The average molecular weight is 261 g/mol. The number of ether oxygens (including phenoxy) is 1. The number of amides is 3. The van der Waals surface area contributed by atoms with Crippen LogP contribution in [0, 0.1) is 0 Å². The number of anilines is 2. The number of nitrogens with two attached hydrogens (primary N) is 1. The maximum absolute atomic E-state index is 12.4. The zero-order valence-electron chi connectivity index (χ0n) is 10.4. The first-order chi connectivity index (χ1) is 9.16. The largest absolute Gasteiger partial charge is 0.399 e. The zero-order valence-corrected chi connectivity index (χ0v) is 10.4. The summed E-state index contributed by atoms with van der Waals surface area (Å²) in [5.74, 6) is -0.193. The molecule has 2 saturated heterocycles. The van der Waals surface area contributed by atoms with Crippen molar-refractivity contribution in [1.82, 2.24) is 4.90 Å². The quantitative estimate of drug-likeness (QED) is 0.760. The Morgan fingerprint density at radius 2 is 1.95 bits per heavy atom. The summed E-state index contributed by atoms with van der Waals surface area (Å²) in [6.45, 7) is 1.49. The Hall–Kier alpha value is -2.08. The smallest absolute Gasteiger partial charge is 0.331 e. The standard InChI is InChI=1S/C13H15N3O3/c14-9-1-3-10(4-2-9)16-12(17)7-11-8-19-6-5-15(11)13(16)18/h1-4,11H,5-8,14H2. The number of carbonyl (C=O) groups excluding carboxylic acids is 2. The predicted octanol–water partition coefficient (Wildman–Crippen LogP) is 0.826. The van der Waals surface area contributed by atoms with Crippen LogP contribution in [0.15, 0.2) is 24.3 Å². The van der Waals surface area contributed by atoms with E-state index in [9.17, 15) is 9.59 Å². The molecule has 6 heteroatoms. The van der Waals surface area contributed by atoms with Gasteiger partial charge in [0.05, 0.1) is 31.4 Å². The van der Waals surface area contributed by atoms with Gasteiger partial charge in [-0.2, -0.15) is 0 Å². The van der Waals surface area contributed by atoms with Crippen molar-refractivity contribution in [3.05, 3.63) is 24.3 Å². The Kier molecular flexibility index (Phi) is 2.87. The van der Waals surface area contributed by atoms with Crippen molar-refractivity contribution in [1.29, 1.82) is 0 Å². The number of imide groups is 1. The molecule has 2 heterocycles. The molecule has 0 bridgehead atoms. The molecule has 6 nitrogen and oxygen atoms in total. The summed E-state index contributed by atoms with van der Waals surface area (Å²) in [4.78, 5) is 27.5. The van der Waals surface area contributed by atoms with E-state index in [2.05, 4.69) is 0 Å². The summed E-state index contributed by atoms with van der Waals surface area (Å²) in [6, 6.07) is 6.34. The molecule has 3 rings (SSSR count). The molecule has 2 aliphatic rings. The topological polar surface area (TPSA) is 75.9 Å². The minimum Gasteiger partial charge on any atom is -0.399 e. The van der Waals surface area contributed by atoms with E-state index in [0.29, 0.717) is 37.6 Å². The Morgan fingerprint density at radius 1 is 1.21 bits per heavy atom. The van der Waals surface area contributed by atoms with Crippen LogP contribution in [0.5, 0.6) is 0 Å². The Labute approximate surface area is 110 Å². The molecule has 0 aromatic heterocycles. The van der Waals surface area contributed by atoms with Gasteiger partial charge in [-0.3, -0.25) is 4.79 Å². The first-order valence-electron chi connectivity index (χ1n) is 6.23. The summed E-state index contributed by atoms with van der Waals surface area (Å²) < 4.78 is 5.31. The molecule has 1 unspecified atom stereocenters. The highest BCUT2D eigenvalue weighted by molar-refractivity contribution is 6.16. The number of benzene rings is 1. The first kappa shape index (κ1) is 12.0. The molecule has 0 radical (unpaired) electrons. The summed E-state index contributed by atoms with van der Waals surface area (Å²) >= 11 is 0. The van der Waals surface area contributed by atoms with Crippen molar-refractivity contribution < 1.29 is 14.3 Å². The lowest BCUT2D eigenvalue weighted by Gasteiger charge is -2.42. The number of nitrogens with zero attached hydrogens (tertiary/aromatic N) is 2. The fourth-order valence-corrected chi connectivity index (χ4v) is 2.48. The molecule has 0 saturated carbocycles. The number of rotatable bonds is 1. The van der Waals surface area contributed by atoms with Gasteiger partial charge in [-0.25, -0.2) is 9.69 Å². The Bertz CT molecular complexity index is 514. The van der Waals surface area contributed by atoms with Gasteiger partial charge < -0.3 is 15.4 Å².